The Kier molecular flexibility index (Phi) is 4.33. The molecule has 1 aliphatic heterocycles. The van der Waals surface area contributed by atoms with Crippen molar-refractivity contribution in [3.8, 4) is 0 Å². The van der Waals surface area contributed by atoms with E-state index in [1.165, 1.54) is 16.2 Å². The fourth-order valence-corrected chi connectivity index (χ4v) is 3.35. The number of fused-ring (bicyclic) bond motifs is 1. The van der Waals surface area contributed by atoms with Crippen molar-refractivity contribution < 1.29 is 4.79 Å². The lowest BCUT2D eigenvalue weighted by Crippen LogP contribution is -2.44. The quantitative estimate of drug-likeness (QED) is 0.874. The van der Waals surface area contributed by atoms with Crippen LogP contribution in [0.2, 0.25) is 0 Å². The number of hydrogen-bond donors (Lipinski definition) is 0. The number of aromatic nitrogens is 1. The molecule has 1 aliphatic rings. The van der Waals surface area contributed by atoms with Crippen molar-refractivity contribution in [3.63, 3.8) is 0 Å². The van der Waals surface area contributed by atoms with Crippen LogP contribution < -0.4 is 10.5 Å². The number of benzene rings is 1. The SMILES string of the molecule is CCC[C@@H]1CCc2ccccc2N1C(=O)c1ccc(=O)n(C)c1. The van der Waals surface area contributed by atoms with E-state index in [2.05, 4.69) is 13.0 Å². The third-order valence-corrected chi connectivity index (χ3v) is 4.54. The average molecular weight is 310 g/mol. The van der Waals surface area contributed by atoms with E-state index in [1.807, 2.05) is 23.1 Å². The van der Waals surface area contributed by atoms with Crippen LogP contribution in [0.25, 0.3) is 0 Å². The maximum Gasteiger partial charge on any atom is 0.260 e. The average Bonchev–Trinajstić information content (AvgIpc) is 2.57. The molecule has 0 radical (unpaired) electrons. The highest BCUT2D eigenvalue weighted by Crippen LogP contribution is 2.33. The van der Waals surface area contributed by atoms with E-state index in [9.17, 15) is 9.59 Å². The summed E-state index contributed by atoms with van der Waals surface area (Å²) in [5, 5.41) is 0. The Morgan fingerprint density at radius 2 is 2.00 bits per heavy atom. The fourth-order valence-electron chi connectivity index (χ4n) is 3.35. The highest BCUT2D eigenvalue weighted by molar-refractivity contribution is 6.07. The molecule has 1 aromatic carbocycles. The molecule has 1 aromatic heterocycles. The van der Waals surface area contributed by atoms with E-state index in [1.54, 1.807) is 19.3 Å². The Bertz CT molecular complexity index is 779. The number of para-hydroxylation sites is 1. The number of anilines is 1. The first-order valence-electron chi connectivity index (χ1n) is 8.20. The van der Waals surface area contributed by atoms with Gasteiger partial charge in [-0.1, -0.05) is 31.5 Å². The predicted molar refractivity (Wildman–Crippen MR) is 92.0 cm³/mol. The van der Waals surface area contributed by atoms with E-state index < -0.39 is 0 Å². The van der Waals surface area contributed by atoms with Crippen molar-refractivity contribution in [1.82, 2.24) is 4.57 Å². The number of pyridine rings is 1. The summed E-state index contributed by atoms with van der Waals surface area (Å²) in [5.41, 5.74) is 2.68. The molecule has 4 heteroatoms. The van der Waals surface area contributed by atoms with Crippen molar-refractivity contribution in [2.24, 2.45) is 7.05 Å². The molecule has 3 rings (SSSR count). The maximum atomic E-state index is 13.1. The molecule has 2 aromatic rings. The van der Waals surface area contributed by atoms with Crippen molar-refractivity contribution in [2.45, 2.75) is 38.6 Å². The molecular weight excluding hydrogens is 288 g/mol. The number of rotatable bonds is 3. The number of nitrogens with zero attached hydrogens (tertiary/aromatic N) is 2. The van der Waals surface area contributed by atoms with Crippen LogP contribution in [-0.4, -0.2) is 16.5 Å². The number of aryl methyl sites for hydroxylation is 2. The summed E-state index contributed by atoms with van der Waals surface area (Å²) in [6.45, 7) is 2.15. The first kappa shape index (κ1) is 15.5. The zero-order chi connectivity index (χ0) is 16.4. The molecule has 0 bridgehead atoms. The number of carbonyl (C=O) groups is 1. The summed E-state index contributed by atoms with van der Waals surface area (Å²) in [5.74, 6) is -0.0220. The minimum Gasteiger partial charge on any atom is -0.318 e. The standard InChI is InChI=1S/C19H22N2O2/c1-3-6-16-11-9-14-7-4-5-8-17(14)21(16)19(23)15-10-12-18(22)20(2)13-15/h4-5,7-8,10,12-13,16H,3,6,9,11H2,1-2H3/t16-/m1/s1. The summed E-state index contributed by atoms with van der Waals surface area (Å²) in [4.78, 5) is 26.6. The van der Waals surface area contributed by atoms with Crippen molar-refractivity contribution in [1.29, 1.82) is 0 Å². The molecule has 1 amide bonds. The maximum absolute atomic E-state index is 13.1. The second kappa shape index (κ2) is 6.41. The Morgan fingerprint density at radius 3 is 2.74 bits per heavy atom. The molecule has 120 valence electrons. The lowest BCUT2D eigenvalue weighted by atomic mass is 9.92. The summed E-state index contributed by atoms with van der Waals surface area (Å²) in [7, 11) is 1.67. The van der Waals surface area contributed by atoms with Gasteiger partial charge in [0.05, 0.1) is 5.56 Å². The van der Waals surface area contributed by atoms with Gasteiger partial charge in [-0.2, -0.15) is 0 Å². The molecule has 0 spiro atoms. The molecule has 4 nitrogen and oxygen atoms in total. The molecule has 0 saturated carbocycles. The summed E-state index contributed by atoms with van der Waals surface area (Å²) < 4.78 is 1.46. The lowest BCUT2D eigenvalue weighted by Gasteiger charge is -2.37. The van der Waals surface area contributed by atoms with Gasteiger partial charge in [-0.15, -0.1) is 0 Å². The Morgan fingerprint density at radius 1 is 1.22 bits per heavy atom. The molecule has 0 N–H and O–H groups in total. The highest BCUT2D eigenvalue weighted by Gasteiger charge is 2.31. The molecule has 0 saturated heterocycles. The van der Waals surface area contributed by atoms with Gasteiger partial charge < -0.3 is 9.47 Å². The smallest absolute Gasteiger partial charge is 0.260 e. The van der Waals surface area contributed by atoms with Crippen LogP contribution in [0.4, 0.5) is 5.69 Å². The molecule has 0 aliphatic carbocycles. The van der Waals surface area contributed by atoms with Crippen molar-refractivity contribution in [2.75, 3.05) is 4.90 Å². The van der Waals surface area contributed by atoms with Crippen LogP contribution in [0.15, 0.2) is 47.4 Å². The normalized spacial score (nSPS) is 17.0. The van der Waals surface area contributed by atoms with Crippen molar-refractivity contribution >= 4 is 11.6 Å². The Labute approximate surface area is 136 Å². The first-order chi connectivity index (χ1) is 11.1. The molecule has 0 fully saturated rings. The van der Waals surface area contributed by atoms with Crippen LogP contribution in [0, 0.1) is 0 Å². The third-order valence-electron chi connectivity index (χ3n) is 4.54. The van der Waals surface area contributed by atoms with Gasteiger partial charge in [0.15, 0.2) is 0 Å². The molecular formula is C19H22N2O2. The van der Waals surface area contributed by atoms with Crippen LogP contribution in [0.1, 0.15) is 42.1 Å². The van der Waals surface area contributed by atoms with Gasteiger partial charge in [-0.3, -0.25) is 9.59 Å². The van der Waals surface area contributed by atoms with E-state index >= 15 is 0 Å². The van der Waals surface area contributed by atoms with Crippen LogP contribution in [0.3, 0.4) is 0 Å². The minimum atomic E-state index is -0.106. The van der Waals surface area contributed by atoms with E-state index in [0.29, 0.717) is 5.56 Å². The van der Waals surface area contributed by atoms with Crippen LogP contribution in [0.5, 0.6) is 0 Å². The first-order valence-corrected chi connectivity index (χ1v) is 8.20. The summed E-state index contributed by atoms with van der Waals surface area (Å²) in [6, 6.07) is 11.4. The van der Waals surface area contributed by atoms with Gasteiger partial charge in [-0.25, -0.2) is 0 Å². The molecule has 2 heterocycles. The van der Waals surface area contributed by atoms with Gasteiger partial charge in [0.2, 0.25) is 5.56 Å². The monoisotopic (exact) mass is 310 g/mol. The zero-order valence-corrected chi connectivity index (χ0v) is 13.7. The van der Waals surface area contributed by atoms with Crippen LogP contribution in [-0.2, 0) is 13.5 Å². The molecule has 0 unspecified atom stereocenters. The number of hydrogen-bond acceptors (Lipinski definition) is 2. The van der Waals surface area contributed by atoms with Crippen LogP contribution >= 0.6 is 0 Å². The number of amides is 1. The minimum absolute atomic E-state index is 0.0220. The second-order valence-corrected chi connectivity index (χ2v) is 6.15. The van der Waals surface area contributed by atoms with Gasteiger partial charge in [0.25, 0.3) is 5.91 Å². The van der Waals surface area contributed by atoms with Gasteiger partial charge in [-0.05, 0) is 37.0 Å². The highest BCUT2D eigenvalue weighted by atomic mass is 16.2. The fraction of sp³-hybridized carbons (Fsp3) is 0.368. The Hall–Kier alpha value is -2.36. The van der Waals surface area contributed by atoms with Gasteiger partial charge >= 0.3 is 0 Å². The third kappa shape index (κ3) is 2.93. The van der Waals surface area contributed by atoms with Gasteiger partial charge in [0, 0.05) is 31.0 Å². The molecule has 1 atom stereocenters. The predicted octanol–water partition coefficient (Wildman–Crippen LogP) is 3.15. The van der Waals surface area contributed by atoms with E-state index in [4.69, 9.17) is 0 Å². The second-order valence-electron chi connectivity index (χ2n) is 6.15. The Balaban J connectivity index is 2.04. The van der Waals surface area contributed by atoms with Crippen molar-refractivity contribution in [3.05, 3.63) is 64.1 Å². The topological polar surface area (TPSA) is 42.3 Å². The van der Waals surface area contributed by atoms with Gasteiger partial charge in [0.1, 0.15) is 0 Å². The zero-order valence-electron chi connectivity index (χ0n) is 13.7. The largest absolute Gasteiger partial charge is 0.318 e. The molecule has 23 heavy (non-hydrogen) atoms. The lowest BCUT2D eigenvalue weighted by molar-refractivity contribution is 0.0970. The van der Waals surface area contributed by atoms with E-state index in [-0.39, 0.29) is 17.5 Å². The summed E-state index contributed by atoms with van der Waals surface area (Å²) in [6.07, 6.45) is 5.67. The summed E-state index contributed by atoms with van der Waals surface area (Å²) >= 11 is 0. The van der Waals surface area contributed by atoms with E-state index in [0.717, 1.165) is 31.4 Å². The number of carbonyl (C=O) groups excluding carboxylic acids is 1.